The summed E-state index contributed by atoms with van der Waals surface area (Å²) in [4.78, 5) is 0. The first-order chi connectivity index (χ1) is 11.7. The highest BCUT2D eigenvalue weighted by molar-refractivity contribution is 5.70. The second kappa shape index (κ2) is 7.49. The summed E-state index contributed by atoms with van der Waals surface area (Å²) in [5, 5.41) is 0. The average molecular weight is 314 g/mol. The van der Waals surface area contributed by atoms with Crippen molar-refractivity contribution in [1.82, 2.24) is 0 Å². The van der Waals surface area contributed by atoms with Crippen LogP contribution in [0.3, 0.4) is 0 Å². The Balaban J connectivity index is 1.81. The van der Waals surface area contributed by atoms with Gasteiger partial charge in [-0.15, -0.1) is 0 Å². The largest absolute Gasteiger partial charge is 0.0648 e. The van der Waals surface area contributed by atoms with E-state index in [1.54, 1.807) is 0 Å². The van der Waals surface area contributed by atoms with E-state index < -0.39 is 0 Å². The van der Waals surface area contributed by atoms with Crippen molar-refractivity contribution in [1.29, 1.82) is 0 Å². The molecule has 24 heavy (non-hydrogen) atoms. The van der Waals surface area contributed by atoms with E-state index in [9.17, 15) is 0 Å². The van der Waals surface area contributed by atoms with Crippen molar-refractivity contribution < 1.29 is 0 Å². The van der Waals surface area contributed by atoms with E-state index >= 15 is 0 Å². The lowest BCUT2D eigenvalue weighted by atomic mass is 9.92. The van der Waals surface area contributed by atoms with Gasteiger partial charge in [0.05, 0.1) is 0 Å². The van der Waals surface area contributed by atoms with Crippen molar-refractivity contribution in [3.8, 4) is 22.3 Å². The van der Waals surface area contributed by atoms with E-state index in [0.717, 1.165) is 0 Å². The van der Waals surface area contributed by atoms with Crippen LogP contribution in [0.2, 0.25) is 0 Å². The van der Waals surface area contributed by atoms with Gasteiger partial charge in [-0.2, -0.15) is 0 Å². The molecule has 0 aliphatic rings. The van der Waals surface area contributed by atoms with Crippen LogP contribution < -0.4 is 0 Å². The quantitative estimate of drug-likeness (QED) is 0.466. The van der Waals surface area contributed by atoms with E-state index in [-0.39, 0.29) is 0 Å². The van der Waals surface area contributed by atoms with Gasteiger partial charge in [-0.05, 0) is 53.5 Å². The molecule has 0 nitrogen and oxygen atoms in total. The lowest BCUT2D eigenvalue weighted by molar-refractivity contribution is 0.642. The molecule has 0 spiro atoms. The maximum absolute atomic E-state index is 2.29. The van der Waals surface area contributed by atoms with Crippen LogP contribution in [0.25, 0.3) is 22.3 Å². The average Bonchev–Trinajstić information content (AvgIpc) is 2.64. The van der Waals surface area contributed by atoms with Crippen LogP contribution in [-0.2, 0) is 0 Å². The summed E-state index contributed by atoms with van der Waals surface area (Å²) >= 11 is 0. The molecule has 0 N–H and O–H groups in total. The molecule has 0 radical (unpaired) electrons. The van der Waals surface area contributed by atoms with Crippen molar-refractivity contribution in [3.63, 3.8) is 0 Å². The van der Waals surface area contributed by atoms with Gasteiger partial charge >= 0.3 is 0 Å². The third kappa shape index (κ3) is 3.59. The zero-order valence-corrected chi connectivity index (χ0v) is 14.9. The summed E-state index contributed by atoms with van der Waals surface area (Å²) in [5.41, 5.74) is 7.87. The zero-order valence-electron chi connectivity index (χ0n) is 14.9. The molecule has 0 heteroatoms. The summed E-state index contributed by atoms with van der Waals surface area (Å²) in [7, 11) is 0. The second-order valence-corrected chi connectivity index (χ2v) is 6.58. The van der Waals surface area contributed by atoms with Crippen molar-refractivity contribution in [2.24, 2.45) is 0 Å². The smallest absolute Gasteiger partial charge is 0.0167 e. The Morgan fingerprint density at radius 1 is 0.542 bits per heavy atom. The molecule has 0 aliphatic heterocycles. The minimum Gasteiger partial charge on any atom is -0.0648 e. The van der Waals surface area contributed by atoms with Gasteiger partial charge in [0.25, 0.3) is 0 Å². The van der Waals surface area contributed by atoms with Crippen molar-refractivity contribution in [2.75, 3.05) is 0 Å². The lowest BCUT2D eigenvalue weighted by Crippen LogP contribution is -1.94. The molecule has 3 rings (SSSR count). The van der Waals surface area contributed by atoms with E-state index in [4.69, 9.17) is 0 Å². The molecule has 0 heterocycles. The number of rotatable bonds is 5. The summed E-state index contributed by atoms with van der Waals surface area (Å²) < 4.78 is 0. The summed E-state index contributed by atoms with van der Waals surface area (Å²) in [6.07, 6.45) is 2.42. The second-order valence-electron chi connectivity index (χ2n) is 6.58. The molecule has 0 saturated heterocycles. The van der Waals surface area contributed by atoms with Crippen molar-refractivity contribution in [2.45, 2.75) is 39.5 Å². The van der Waals surface area contributed by atoms with Gasteiger partial charge in [-0.3, -0.25) is 0 Å². The van der Waals surface area contributed by atoms with Crippen LogP contribution in [0.5, 0.6) is 0 Å². The summed E-state index contributed by atoms with van der Waals surface area (Å²) in [6, 6.07) is 26.7. The highest BCUT2D eigenvalue weighted by Crippen LogP contribution is 2.28. The number of aryl methyl sites for hydroxylation is 1. The van der Waals surface area contributed by atoms with Crippen LogP contribution in [0.4, 0.5) is 0 Å². The summed E-state index contributed by atoms with van der Waals surface area (Å²) in [5.74, 6) is 0.683. The fourth-order valence-corrected chi connectivity index (χ4v) is 3.31. The maximum Gasteiger partial charge on any atom is -0.0167 e. The predicted octanol–water partition coefficient (Wildman–Crippen LogP) is 7.23. The molecular formula is C24H26. The molecule has 0 aromatic heterocycles. The molecule has 0 amide bonds. The van der Waals surface area contributed by atoms with Gasteiger partial charge in [0, 0.05) is 0 Å². The van der Waals surface area contributed by atoms with E-state index in [1.807, 2.05) is 0 Å². The third-order valence-corrected chi connectivity index (χ3v) is 4.97. The number of benzene rings is 3. The van der Waals surface area contributed by atoms with Crippen LogP contribution in [0.1, 0.15) is 43.7 Å². The van der Waals surface area contributed by atoms with Gasteiger partial charge in [0.2, 0.25) is 0 Å². The zero-order chi connectivity index (χ0) is 16.9. The minimum absolute atomic E-state index is 0.683. The molecule has 122 valence electrons. The molecule has 0 aliphatic carbocycles. The molecule has 3 aromatic carbocycles. The van der Waals surface area contributed by atoms with Crippen molar-refractivity contribution in [3.05, 3.63) is 83.9 Å². The molecule has 0 atom stereocenters. The Morgan fingerprint density at radius 3 is 1.25 bits per heavy atom. The first kappa shape index (κ1) is 16.5. The normalized spacial score (nSPS) is 11.0. The SMILES string of the molecule is CCC(CC)c1ccc(-c2ccc(-c3ccc(C)cc3)cc2)cc1. The first-order valence-corrected chi connectivity index (χ1v) is 8.98. The monoisotopic (exact) mass is 314 g/mol. The van der Waals surface area contributed by atoms with Crippen molar-refractivity contribution >= 4 is 0 Å². The van der Waals surface area contributed by atoms with Crippen LogP contribution in [0, 0.1) is 6.92 Å². The fraction of sp³-hybridized carbons (Fsp3) is 0.250. The Hall–Kier alpha value is -2.34. The Morgan fingerprint density at radius 2 is 0.875 bits per heavy atom. The van der Waals surface area contributed by atoms with E-state index in [0.29, 0.717) is 5.92 Å². The lowest BCUT2D eigenvalue weighted by Gasteiger charge is -2.13. The molecular weight excluding hydrogens is 288 g/mol. The van der Waals surface area contributed by atoms with Crippen LogP contribution in [0.15, 0.2) is 72.8 Å². The van der Waals surface area contributed by atoms with Gasteiger partial charge < -0.3 is 0 Å². The number of hydrogen-bond acceptors (Lipinski definition) is 0. The Kier molecular flexibility index (Phi) is 5.15. The van der Waals surface area contributed by atoms with Gasteiger partial charge in [0.15, 0.2) is 0 Å². The minimum atomic E-state index is 0.683. The number of hydrogen-bond donors (Lipinski definition) is 0. The van der Waals surface area contributed by atoms with Crippen LogP contribution in [-0.4, -0.2) is 0 Å². The summed E-state index contributed by atoms with van der Waals surface area (Å²) in [6.45, 7) is 6.66. The fourth-order valence-electron chi connectivity index (χ4n) is 3.31. The van der Waals surface area contributed by atoms with Crippen LogP contribution >= 0.6 is 0 Å². The van der Waals surface area contributed by atoms with E-state index in [1.165, 1.54) is 46.2 Å². The molecule has 0 fully saturated rings. The highest BCUT2D eigenvalue weighted by atomic mass is 14.1. The topological polar surface area (TPSA) is 0 Å². The van der Waals surface area contributed by atoms with Gasteiger partial charge in [0.1, 0.15) is 0 Å². The molecule has 3 aromatic rings. The molecule has 0 saturated carbocycles. The van der Waals surface area contributed by atoms with E-state index in [2.05, 4.69) is 93.6 Å². The third-order valence-electron chi connectivity index (χ3n) is 4.97. The molecule has 0 unspecified atom stereocenters. The van der Waals surface area contributed by atoms with Gasteiger partial charge in [-0.1, -0.05) is 92.2 Å². The maximum atomic E-state index is 2.29. The standard InChI is InChI=1S/C24H26/c1-4-19(5-2)20-10-12-23(13-11-20)24-16-14-22(15-17-24)21-8-6-18(3)7-9-21/h6-17,19H,4-5H2,1-3H3. The molecule has 0 bridgehead atoms. The Labute approximate surface area is 146 Å². The predicted molar refractivity (Wildman–Crippen MR) is 105 cm³/mol. The first-order valence-electron chi connectivity index (χ1n) is 8.98. The van der Waals surface area contributed by atoms with Gasteiger partial charge in [-0.25, -0.2) is 0 Å². The Bertz CT molecular complexity index is 758. The highest BCUT2D eigenvalue weighted by Gasteiger charge is 2.07.